The molecule has 11 heteroatoms. The van der Waals surface area contributed by atoms with Crippen LogP contribution in [0.3, 0.4) is 0 Å². The maximum atomic E-state index is 15.6. The Bertz CT molecular complexity index is 1410. The molecule has 1 saturated heterocycles. The molecular weight excluding hydrogens is 494 g/mol. The van der Waals surface area contributed by atoms with Crippen LogP contribution in [0.5, 0.6) is 5.75 Å². The van der Waals surface area contributed by atoms with Gasteiger partial charge >= 0.3 is 5.97 Å². The molecule has 0 radical (unpaired) electrons. The number of carboxylic acid groups (broad SMARTS) is 1. The molecule has 2 N–H and O–H groups in total. The number of alkyl halides is 1. The van der Waals surface area contributed by atoms with E-state index in [-0.39, 0.29) is 36.0 Å². The van der Waals surface area contributed by atoms with E-state index in [1.807, 2.05) is 0 Å². The van der Waals surface area contributed by atoms with E-state index in [1.54, 1.807) is 27.7 Å². The summed E-state index contributed by atoms with van der Waals surface area (Å²) >= 11 is 5.94. The highest BCUT2D eigenvalue weighted by atomic mass is 35.5. The predicted octanol–water partition coefficient (Wildman–Crippen LogP) is 4.51. The van der Waals surface area contributed by atoms with Gasteiger partial charge in [0.1, 0.15) is 22.2 Å². The normalized spacial score (nSPS) is 19.6. The van der Waals surface area contributed by atoms with E-state index in [9.17, 15) is 19.1 Å². The van der Waals surface area contributed by atoms with Crippen LogP contribution in [-0.2, 0) is 0 Å². The van der Waals surface area contributed by atoms with Crippen molar-refractivity contribution in [2.75, 3.05) is 43.6 Å². The third kappa shape index (κ3) is 4.23. The maximum Gasteiger partial charge on any atom is 0.341 e. The van der Waals surface area contributed by atoms with Crippen molar-refractivity contribution in [2.24, 2.45) is 5.41 Å². The van der Waals surface area contributed by atoms with Crippen molar-refractivity contribution in [3.63, 3.8) is 0 Å². The highest BCUT2D eigenvalue weighted by Gasteiger charge is 2.41. The van der Waals surface area contributed by atoms with Crippen molar-refractivity contribution in [3.05, 3.63) is 57.2 Å². The highest BCUT2D eigenvalue weighted by Crippen LogP contribution is 2.46. The Labute approximate surface area is 210 Å². The van der Waals surface area contributed by atoms with Crippen molar-refractivity contribution in [2.45, 2.75) is 25.3 Å². The zero-order valence-corrected chi connectivity index (χ0v) is 20.3. The number of carboxylic acids is 1. The van der Waals surface area contributed by atoms with Crippen molar-refractivity contribution in [3.8, 4) is 5.75 Å². The first-order chi connectivity index (χ1) is 17.3. The minimum atomic E-state index is -1.37. The summed E-state index contributed by atoms with van der Waals surface area (Å²) in [5.74, 6) is -1.43. The fourth-order valence-corrected chi connectivity index (χ4v) is 5.10. The number of anilines is 2. The minimum absolute atomic E-state index is 0.00341. The molecule has 2 aliphatic rings. The summed E-state index contributed by atoms with van der Waals surface area (Å²) in [7, 11) is 1.38. The number of nitrogens with one attached hydrogen (secondary N) is 1. The van der Waals surface area contributed by atoms with Crippen LogP contribution in [-0.4, -0.2) is 54.0 Å². The fraction of sp³-hybridized carbons (Fsp3) is 0.400. The predicted molar refractivity (Wildman–Crippen MR) is 133 cm³/mol. The summed E-state index contributed by atoms with van der Waals surface area (Å²) in [6, 6.07) is 6.19. The standard InChI is InChI=1S/C25H25ClF2N4O4/c1-36-23-20-15(22(33)16(24(34)35)10-32(20)14-5-6-14)9-17(28)21(23)31-8-7-25(11-27,13-31)12-29-19-4-2-3-18(26)30-19/h2-4,9-10,14H,5-8,11-13H2,1H3,(H,29,30)(H,34,35). The number of aromatic carboxylic acids is 1. The lowest BCUT2D eigenvalue weighted by molar-refractivity contribution is 0.0694. The monoisotopic (exact) mass is 518 g/mol. The van der Waals surface area contributed by atoms with Crippen LogP contribution >= 0.6 is 11.6 Å². The SMILES string of the molecule is COc1c(N2CCC(CF)(CNc3cccc(Cl)n3)C2)c(F)cc2c(=O)c(C(=O)O)cn(C3CC3)c12. The fourth-order valence-electron chi connectivity index (χ4n) is 4.94. The molecule has 1 aliphatic carbocycles. The number of nitrogens with zero attached hydrogens (tertiary/aromatic N) is 3. The van der Waals surface area contributed by atoms with Gasteiger partial charge < -0.3 is 24.6 Å². The molecular formula is C25H25ClF2N4O4. The van der Waals surface area contributed by atoms with E-state index in [1.165, 1.54) is 13.3 Å². The van der Waals surface area contributed by atoms with Crippen LogP contribution in [0.15, 0.2) is 35.3 Å². The molecule has 1 unspecified atom stereocenters. The van der Waals surface area contributed by atoms with Crippen LogP contribution in [0.4, 0.5) is 20.3 Å². The second-order valence-corrected chi connectivity index (χ2v) is 9.84. The van der Waals surface area contributed by atoms with E-state index < -0.39 is 34.9 Å². The number of carbonyl (C=O) groups is 1. The van der Waals surface area contributed by atoms with E-state index in [4.69, 9.17) is 16.3 Å². The zero-order chi connectivity index (χ0) is 25.6. The summed E-state index contributed by atoms with van der Waals surface area (Å²) in [5.41, 5.74) is -1.50. The third-order valence-electron chi connectivity index (χ3n) is 6.97. The number of hydrogen-bond donors (Lipinski definition) is 2. The lowest BCUT2D eigenvalue weighted by atomic mass is 9.88. The van der Waals surface area contributed by atoms with Crippen LogP contribution in [0.25, 0.3) is 10.9 Å². The van der Waals surface area contributed by atoms with Crippen LogP contribution < -0.4 is 20.4 Å². The van der Waals surface area contributed by atoms with Gasteiger partial charge in [0, 0.05) is 37.3 Å². The molecule has 0 spiro atoms. The smallest absolute Gasteiger partial charge is 0.341 e. The maximum absolute atomic E-state index is 15.6. The van der Waals surface area contributed by atoms with Crippen LogP contribution in [0, 0.1) is 11.2 Å². The van der Waals surface area contributed by atoms with Crippen LogP contribution in [0.2, 0.25) is 5.15 Å². The van der Waals surface area contributed by atoms with Crippen molar-refractivity contribution in [1.29, 1.82) is 0 Å². The van der Waals surface area contributed by atoms with Crippen molar-refractivity contribution >= 4 is 40.0 Å². The van der Waals surface area contributed by atoms with Gasteiger partial charge in [0.25, 0.3) is 0 Å². The second kappa shape index (κ2) is 9.24. The molecule has 8 nitrogen and oxygen atoms in total. The lowest BCUT2D eigenvalue weighted by Gasteiger charge is -2.29. The summed E-state index contributed by atoms with van der Waals surface area (Å²) in [4.78, 5) is 30.5. The van der Waals surface area contributed by atoms with Gasteiger partial charge in [-0.25, -0.2) is 14.2 Å². The molecule has 1 aliphatic heterocycles. The van der Waals surface area contributed by atoms with E-state index >= 15 is 4.39 Å². The first-order valence-corrected chi connectivity index (χ1v) is 12.0. The molecule has 2 aromatic heterocycles. The van der Waals surface area contributed by atoms with E-state index in [2.05, 4.69) is 10.3 Å². The Morgan fingerprint density at radius 3 is 2.81 bits per heavy atom. The van der Waals surface area contributed by atoms with Gasteiger partial charge in [-0.2, -0.15) is 0 Å². The first kappa shape index (κ1) is 24.3. The average molecular weight is 519 g/mol. The second-order valence-electron chi connectivity index (χ2n) is 9.46. The van der Waals surface area contributed by atoms with Gasteiger partial charge in [0.2, 0.25) is 5.43 Å². The zero-order valence-electron chi connectivity index (χ0n) is 19.6. The van der Waals surface area contributed by atoms with Gasteiger partial charge in [0.05, 0.1) is 24.7 Å². The number of methoxy groups -OCH3 is 1. The number of rotatable bonds is 8. The number of halogens is 3. The molecule has 0 amide bonds. The topological polar surface area (TPSA) is 96.7 Å². The molecule has 190 valence electrons. The number of ether oxygens (including phenoxy) is 1. The molecule has 5 rings (SSSR count). The summed E-state index contributed by atoms with van der Waals surface area (Å²) in [5, 5.41) is 12.9. The third-order valence-corrected chi connectivity index (χ3v) is 7.18. The minimum Gasteiger partial charge on any atom is -0.492 e. The Morgan fingerprint density at radius 1 is 1.39 bits per heavy atom. The molecule has 0 bridgehead atoms. The molecule has 2 fully saturated rings. The van der Waals surface area contributed by atoms with Gasteiger partial charge in [-0.05, 0) is 37.5 Å². The Morgan fingerprint density at radius 2 is 2.17 bits per heavy atom. The quantitative estimate of drug-likeness (QED) is 0.423. The number of pyridine rings is 2. The summed E-state index contributed by atoms with van der Waals surface area (Å²) in [6.07, 6.45) is 3.38. The van der Waals surface area contributed by atoms with Crippen molar-refractivity contribution in [1.82, 2.24) is 9.55 Å². The lowest BCUT2D eigenvalue weighted by Crippen LogP contribution is -2.36. The van der Waals surface area contributed by atoms with Gasteiger partial charge in [-0.15, -0.1) is 0 Å². The number of aromatic nitrogens is 2. The van der Waals surface area contributed by atoms with Crippen molar-refractivity contribution < 1.29 is 23.4 Å². The van der Waals surface area contributed by atoms with Gasteiger partial charge in [0.15, 0.2) is 11.6 Å². The Kier molecular flexibility index (Phi) is 6.23. The summed E-state index contributed by atoms with van der Waals surface area (Å²) in [6.45, 7) is 0.202. The highest BCUT2D eigenvalue weighted by molar-refractivity contribution is 6.29. The average Bonchev–Trinajstić information content (AvgIpc) is 3.62. The molecule has 1 atom stereocenters. The first-order valence-electron chi connectivity index (χ1n) is 11.6. The summed E-state index contributed by atoms with van der Waals surface area (Å²) < 4.78 is 37.3. The Balaban J connectivity index is 1.54. The van der Waals surface area contributed by atoms with E-state index in [0.717, 1.165) is 18.9 Å². The number of hydrogen-bond acceptors (Lipinski definition) is 6. The molecule has 1 saturated carbocycles. The Hall–Kier alpha value is -3.40. The van der Waals surface area contributed by atoms with Crippen LogP contribution in [0.1, 0.15) is 35.7 Å². The largest absolute Gasteiger partial charge is 0.492 e. The van der Waals surface area contributed by atoms with Gasteiger partial charge in [-0.1, -0.05) is 17.7 Å². The number of fused-ring (bicyclic) bond motifs is 1. The number of benzene rings is 1. The molecule has 1 aromatic carbocycles. The van der Waals surface area contributed by atoms with Gasteiger partial charge in [-0.3, -0.25) is 9.18 Å². The molecule has 3 heterocycles. The molecule has 3 aromatic rings. The molecule has 36 heavy (non-hydrogen) atoms. The van der Waals surface area contributed by atoms with E-state index in [0.29, 0.717) is 29.5 Å².